The highest BCUT2D eigenvalue weighted by molar-refractivity contribution is 7.92. The number of carbonyl (C=O) groups is 1. The Labute approximate surface area is 155 Å². The van der Waals surface area contributed by atoms with Crippen LogP contribution in [0.15, 0.2) is 53.4 Å². The van der Waals surface area contributed by atoms with Crippen LogP contribution in [0.1, 0.15) is 30.4 Å². The van der Waals surface area contributed by atoms with E-state index in [1.807, 2.05) is 30.0 Å². The smallest absolute Gasteiger partial charge is 0.261 e. The molecule has 1 fully saturated rings. The van der Waals surface area contributed by atoms with Crippen molar-refractivity contribution in [2.24, 2.45) is 0 Å². The fourth-order valence-corrected chi connectivity index (χ4v) is 4.27. The number of hydrogen-bond acceptors (Lipinski definition) is 3. The summed E-state index contributed by atoms with van der Waals surface area (Å²) in [5, 5.41) is 0. The minimum absolute atomic E-state index is 0.201. The van der Waals surface area contributed by atoms with Gasteiger partial charge in [-0.2, -0.15) is 0 Å². The number of hydrogen-bond donors (Lipinski definition) is 1. The summed E-state index contributed by atoms with van der Waals surface area (Å²) in [4.78, 5) is 14.3. The van der Waals surface area contributed by atoms with Gasteiger partial charge in [-0.1, -0.05) is 24.3 Å². The van der Waals surface area contributed by atoms with E-state index in [0.29, 0.717) is 18.5 Å². The van der Waals surface area contributed by atoms with E-state index in [2.05, 4.69) is 4.72 Å². The minimum atomic E-state index is -3.60. The molecule has 1 N–H and O–H groups in total. The summed E-state index contributed by atoms with van der Waals surface area (Å²) in [6, 6.07) is 14.0. The van der Waals surface area contributed by atoms with Gasteiger partial charge in [0.2, 0.25) is 5.91 Å². The molecule has 0 radical (unpaired) electrons. The third-order valence-corrected chi connectivity index (χ3v) is 5.97. The molecule has 138 valence electrons. The van der Waals surface area contributed by atoms with Crippen LogP contribution in [0.25, 0.3) is 0 Å². The average Bonchev–Trinajstić information content (AvgIpc) is 3.15. The number of benzene rings is 2. The Hall–Kier alpha value is -2.34. The SMILES string of the molecule is Cc1cccc(S(=O)(=O)Nc2ccc(CCC(=O)N3CCCC3)cc2)c1. The quantitative estimate of drug-likeness (QED) is 0.846. The fraction of sp³-hybridized carbons (Fsp3) is 0.350. The van der Waals surface area contributed by atoms with Crippen molar-refractivity contribution < 1.29 is 13.2 Å². The first kappa shape index (κ1) is 18.5. The van der Waals surface area contributed by atoms with E-state index in [9.17, 15) is 13.2 Å². The van der Waals surface area contributed by atoms with Crippen LogP contribution in [0.5, 0.6) is 0 Å². The van der Waals surface area contributed by atoms with Crippen molar-refractivity contribution in [1.82, 2.24) is 4.90 Å². The number of carbonyl (C=O) groups excluding carboxylic acids is 1. The lowest BCUT2D eigenvalue weighted by atomic mass is 10.1. The average molecular weight is 372 g/mol. The number of aryl methyl sites for hydroxylation is 2. The molecule has 0 atom stereocenters. The van der Waals surface area contributed by atoms with Crippen molar-refractivity contribution in [3.05, 3.63) is 59.7 Å². The van der Waals surface area contributed by atoms with Crippen LogP contribution in [0.4, 0.5) is 5.69 Å². The number of sulfonamides is 1. The highest BCUT2D eigenvalue weighted by Crippen LogP contribution is 2.18. The van der Waals surface area contributed by atoms with E-state index in [-0.39, 0.29) is 10.8 Å². The molecular formula is C20H24N2O3S. The lowest BCUT2D eigenvalue weighted by Crippen LogP contribution is -2.27. The van der Waals surface area contributed by atoms with Crippen molar-refractivity contribution in [3.8, 4) is 0 Å². The molecule has 0 aliphatic carbocycles. The standard InChI is InChI=1S/C20H24N2O3S/c1-16-5-4-6-19(15-16)26(24,25)21-18-10-7-17(8-11-18)9-12-20(23)22-13-2-3-14-22/h4-8,10-11,15,21H,2-3,9,12-14H2,1H3. The number of amides is 1. The Morgan fingerprint density at radius 1 is 1.08 bits per heavy atom. The fourth-order valence-electron chi connectivity index (χ4n) is 3.11. The molecule has 1 aliphatic heterocycles. The Morgan fingerprint density at radius 2 is 1.77 bits per heavy atom. The first-order valence-corrected chi connectivity index (χ1v) is 10.4. The van der Waals surface area contributed by atoms with Gasteiger partial charge in [0.25, 0.3) is 10.0 Å². The predicted octanol–water partition coefficient (Wildman–Crippen LogP) is 3.35. The van der Waals surface area contributed by atoms with Crippen molar-refractivity contribution in [3.63, 3.8) is 0 Å². The van der Waals surface area contributed by atoms with Crippen LogP contribution < -0.4 is 4.72 Å². The molecule has 1 aliphatic rings. The van der Waals surface area contributed by atoms with E-state index >= 15 is 0 Å². The van der Waals surface area contributed by atoms with Crippen molar-refractivity contribution in [2.75, 3.05) is 17.8 Å². The molecule has 1 amide bonds. The third-order valence-electron chi connectivity index (χ3n) is 4.59. The summed E-state index contributed by atoms with van der Waals surface area (Å²) in [6.07, 6.45) is 3.36. The van der Waals surface area contributed by atoms with Crippen LogP contribution in [0, 0.1) is 6.92 Å². The van der Waals surface area contributed by atoms with Gasteiger partial charge in [-0.25, -0.2) is 8.42 Å². The summed E-state index contributed by atoms with van der Waals surface area (Å²) in [7, 11) is -3.60. The molecule has 3 rings (SSSR count). The van der Waals surface area contributed by atoms with Gasteiger partial charge in [0.05, 0.1) is 4.90 Å². The summed E-state index contributed by atoms with van der Waals surface area (Å²) in [6.45, 7) is 3.61. The van der Waals surface area contributed by atoms with Gasteiger partial charge in [0.1, 0.15) is 0 Å². The maximum absolute atomic E-state index is 12.4. The van der Waals surface area contributed by atoms with Gasteiger partial charge in [-0.05, 0) is 61.6 Å². The van der Waals surface area contributed by atoms with Crippen molar-refractivity contribution in [2.45, 2.75) is 37.5 Å². The predicted molar refractivity (Wildman–Crippen MR) is 103 cm³/mol. The molecule has 6 heteroatoms. The Bertz CT molecular complexity index is 870. The van der Waals surface area contributed by atoms with Crippen molar-refractivity contribution >= 4 is 21.6 Å². The maximum atomic E-state index is 12.4. The molecule has 26 heavy (non-hydrogen) atoms. The molecule has 2 aromatic rings. The van der Waals surface area contributed by atoms with Gasteiger partial charge >= 0.3 is 0 Å². The van der Waals surface area contributed by atoms with Gasteiger partial charge in [-0.15, -0.1) is 0 Å². The Morgan fingerprint density at radius 3 is 2.42 bits per heavy atom. The molecule has 1 saturated heterocycles. The van der Waals surface area contributed by atoms with Gasteiger partial charge in [-0.3, -0.25) is 9.52 Å². The van der Waals surface area contributed by atoms with E-state index < -0.39 is 10.0 Å². The summed E-state index contributed by atoms with van der Waals surface area (Å²) in [5.41, 5.74) is 2.43. The number of likely N-dealkylation sites (tertiary alicyclic amines) is 1. The van der Waals surface area contributed by atoms with Crippen LogP contribution in [0.2, 0.25) is 0 Å². The van der Waals surface area contributed by atoms with Crippen LogP contribution in [-0.2, 0) is 21.2 Å². The number of anilines is 1. The molecule has 1 heterocycles. The second-order valence-corrected chi connectivity index (χ2v) is 8.39. The first-order chi connectivity index (χ1) is 12.4. The van der Waals surface area contributed by atoms with Gasteiger partial charge in [0.15, 0.2) is 0 Å². The minimum Gasteiger partial charge on any atom is -0.343 e. The molecule has 0 unspecified atom stereocenters. The normalized spacial score (nSPS) is 14.4. The molecule has 0 bridgehead atoms. The largest absolute Gasteiger partial charge is 0.343 e. The zero-order valence-electron chi connectivity index (χ0n) is 14.9. The highest BCUT2D eigenvalue weighted by Gasteiger charge is 2.17. The van der Waals surface area contributed by atoms with Crippen LogP contribution in [0.3, 0.4) is 0 Å². The van der Waals surface area contributed by atoms with Crippen molar-refractivity contribution in [1.29, 1.82) is 0 Å². The molecule has 2 aromatic carbocycles. The summed E-state index contributed by atoms with van der Waals surface area (Å²) in [5.74, 6) is 0.201. The van der Waals surface area contributed by atoms with Crippen LogP contribution >= 0.6 is 0 Å². The molecular weight excluding hydrogens is 348 g/mol. The van der Waals surface area contributed by atoms with Gasteiger partial charge in [0, 0.05) is 25.2 Å². The summed E-state index contributed by atoms with van der Waals surface area (Å²) >= 11 is 0. The molecule has 0 aromatic heterocycles. The van der Waals surface area contributed by atoms with E-state index in [4.69, 9.17) is 0 Å². The lowest BCUT2D eigenvalue weighted by Gasteiger charge is -2.15. The van der Waals surface area contributed by atoms with Crippen LogP contribution in [-0.4, -0.2) is 32.3 Å². The topological polar surface area (TPSA) is 66.5 Å². The Kier molecular flexibility index (Phi) is 5.61. The molecule has 0 saturated carbocycles. The molecule has 5 nitrogen and oxygen atoms in total. The zero-order chi connectivity index (χ0) is 18.6. The number of nitrogens with zero attached hydrogens (tertiary/aromatic N) is 1. The van der Waals surface area contributed by atoms with Gasteiger partial charge < -0.3 is 4.90 Å². The monoisotopic (exact) mass is 372 g/mol. The lowest BCUT2D eigenvalue weighted by molar-refractivity contribution is -0.130. The van der Waals surface area contributed by atoms with E-state index in [1.165, 1.54) is 0 Å². The van der Waals surface area contributed by atoms with E-state index in [1.54, 1.807) is 30.3 Å². The maximum Gasteiger partial charge on any atom is 0.261 e. The second-order valence-electron chi connectivity index (χ2n) is 6.71. The first-order valence-electron chi connectivity index (χ1n) is 8.90. The zero-order valence-corrected chi connectivity index (χ0v) is 15.8. The molecule has 0 spiro atoms. The Balaban J connectivity index is 1.59. The van der Waals surface area contributed by atoms with E-state index in [0.717, 1.165) is 37.1 Å². The number of rotatable bonds is 6. The highest BCUT2D eigenvalue weighted by atomic mass is 32.2. The third kappa shape index (κ3) is 4.64. The second kappa shape index (κ2) is 7.91. The number of nitrogens with one attached hydrogen (secondary N) is 1. The summed E-state index contributed by atoms with van der Waals surface area (Å²) < 4.78 is 27.5.